The molecule has 0 aromatic heterocycles. The molecule has 116 valence electrons. The minimum atomic E-state index is -0.699. The first-order valence-corrected chi connectivity index (χ1v) is 8.90. The third kappa shape index (κ3) is 5.04. The summed E-state index contributed by atoms with van der Waals surface area (Å²) in [7, 11) is 0. The van der Waals surface area contributed by atoms with Crippen LogP contribution in [-0.4, -0.2) is 34.7 Å². The predicted octanol–water partition coefficient (Wildman–Crippen LogP) is 2.94. The van der Waals surface area contributed by atoms with E-state index >= 15 is 0 Å². The van der Waals surface area contributed by atoms with Gasteiger partial charge in [0.2, 0.25) is 5.91 Å². The maximum absolute atomic E-state index is 12.1. The van der Waals surface area contributed by atoms with Gasteiger partial charge in [-0.25, -0.2) is 0 Å². The summed E-state index contributed by atoms with van der Waals surface area (Å²) in [6.45, 7) is 2.49. The second kappa shape index (κ2) is 7.85. The first-order valence-electron chi connectivity index (χ1n) is 7.75. The van der Waals surface area contributed by atoms with Crippen LogP contribution in [0.25, 0.3) is 0 Å². The summed E-state index contributed by atoms with van der Waals surface area (Å²) in [6.07, 6.45) is 2.98. The molecule has 0 radical (unpaired) electrons. The Morgan fingerprint density at radius 1 is 1.33 bits per heavy atom. The molecule has 1 heterocycles. The topological polar surface area (TPSA) is 49.3 Å². The maximum atomic E-state index is 12.1. The van der Waals surface area contributed by atoms with E-state index in [-0.39, 0.29) is 11.8 Å². The monoisotopic (exact) mass is 307 g/mol. The maximum Gasteiger partial charge on any atom is 0.220 e. The summed E-state index contributed by atoms with van der Waals surface area (Å²) in [5, 5.41) is 13.3. The molecular weight excluding hydrogens is 282 g/mol. The lowest BCUT2D eigenvalue weighted by molar-refractivity contribution is -0.122. The van der Waals surface area contributed by atoms with E-state index in [0.717, 1.165) is 30.8 Å². The second-order valence-corrected chi connectivity index (χ2v) is 7.06. The van der Waals surface area contributed by atoms with Gasteiger partial charge in [0.05, 0.1) is 5.60 Å². The normalized spacial score (nSPS) is 19.0. The summed E-state index contributed by atoms with van der Waals surface area (Å²) in [5.41, 5.74) is 0.512. The molecule has 1 unspecified atom stereocenters. The molecule has 1 aromatic rings. The molecule has 3 nitrogen and oxygen atoms in total. The highest BCUT2D eigenvalue weighted by Crippen LogP contribution is 2.27. The SMILES string of the molecule is CCC(CC(=O)NCC1(O)CCSCC1)c1ccccc1. The highest BCUT2D eigenvalue weighted by molar-refractivity contribution is 7.99. The van der Waals surface area contributed by atoms with Gasteiger partial charge in [0, 0.05) is 13.0 Å². The van der Waals surface area contributed by atoms with Crippen molar-refractivity contribution in [1.29, 1.82) is 0 Å². The summed E-state index contributed by atoms with van der Waals surface area (Å²) in [6, 6.07) is 10.2. The van der Waals surface area contributed by atoms with Crippen LogP contribution in [0.1, 0.15) is 44.1 Å². The molecule has 0 saturated carbocycles. The number of nitrogens with one attached hydrogen (secondary N) is 1. The van der Waals surface area contributed by atoms with Crippen molar-refractivity contribution in [3.8, 4) is 0 Å². The van der Waals surface area contributed by atoms with Crippen LogP contribution in [0.2, 0.25) is 0 Å². The first kappa shape index (κ1) is 16.4. The average molecular weight is 307 g/mol. The third-order valence-electron chi connectivity index (χ3n) is 4.23. The van der Waals surface area contributed by atoms with Crippen LogP contribution < -0.4 is 5.32 Å². The number of benzene rings is 1. The molecule has 2 rings (SSSR count). The quantitative estimate of drug-likeness (QED) is 0.849. The number of hydrogen-bond donors (Lipinski definition) is 2. The Hall–Kier alpha value is -1.00. The number of rotatable bonds is 6. The molecule has 0 aliphatic carbocycles. The van der Waals surface area contributed by atoms with Crippen LogP contribution in [0.4, 0.5) is 0 Å². The number of aliphatic hydroxyl groups is 1. The Morgan fingerprint density at radius 3 is 2.62 bits per heavy atom. The van der Waals surface area contributed by atoms with E-state index in [2.05, 4.69) is 24.4 Å². The minimum Gasteiger partial charge on any atom is -0.388 e. The number of hydrogen-bond acceptors (Lipinski definition) is 3. The van der Waals surface area contributed by atoms with Gasteiger partial charge in [-0.15, -0.1) is 0 Å². The molecule has 0 bridgehead atoms. The fourth-order valence-electron chi connectivity index (χ4n) is 2.71. The zero-order chi connectivity index (χ0) is 15.1. The average Bonchev–Trinajstić information content (AvgIpc) is 2.52. The Bertz CT molecular complexity index is 443. The van der Waals surface area contributed by atoms with Gasteiger partial charge in [-0.1, -0.05) is 37.3 Å². The van der Waals surface area contributed by atoms with Crippen molar-refractivity contribution in [2.75, 3.05) is 18.1 Å². The van der Waals surface area contributed by atoms with Crippen LogP contribution in [-0.2, 0) is 4.79 Å². The van der Waals surface area contributed by atoms with Gasteiger partial charge < -0.3 is 10.4 Å². The van der Waals surface area contributed by atoms with Crippen molar-refractivity contribution in [3.63, 3.8) is 0 Å². The van der Waals surface area contributed by atoms with Gasteiger partial charge in [-0.05, 0) is 42.2 Å². The predicted molar refractivity (Wildman–Crippen MR) is 88.6 cm³/mol. The molecule has 1 fully saturated rings. The smallest absolute Gasteiger partial charge is 0.220 e. The van der Waals surface area contributed by atoms with Crippen molar-refractivity contribution in [3.05, 3.63) is 35.9 Å². The van der Waals surface area contributed by atoms with E-state index in [1.165, 1.54) is 5.56 Å². The van der Waals surface area contributed by atoms with Gasteiger partial charge in [-0.3, -0.25) is 4.79 Å². The van der Waals surface area contributed by atoms with E-state index in [4.69, 9.17) is 0 Å². The fraction of sp³-hybridized carbons (Fsp3) is 0.588. The van der Waals surface area contributed by atoms with E-state index in [1.807, 2.05) is 30.0 Å². The van der Waals surface area contributed by atoms with E-state index in [9.17, 15) is 9.90 Å². The first-order chi connectivity index (χ1) is 10.1. The minimum absolute atomic E-state index is 0.0392. The highest BCUT2D eigenvalue weighted by Gasteiger charge is 2.30. The van der Waals surface area contributed by atoms with Gasteiger partial charge in [0.25, 0.3) is 0 Å². The fourth-order valence-corrected chi connectivity index (χ4v) is 3.96. The van der Waals surface area contributed by atoms with Gasteiger partial charge in [-0.2, -0.15) is 11.8 Å². The molecule has 1 aliphatic rings. The molecule has 0 spiro atoms. The summed E-state index contributed by atoms with van der Waals surface area (Å²) in [4.78, 5) is 12.1. The number of carbonyl (C=O) groups excluding carboxylic acids is 1. The third-order valence-corrected chi connectivity index (χ3v) is 5.22. The second-order valence-electron chi connectivity index (χ2n) is 5.83. The molecule has 1 aromatic carbocycles. The van der Waals surface area contributed by atoms with Crippen molar-refractivity contribution in [2.45, 2.75) is 44.1 Å². The molecule has 1 amide bonds. The van der Waals surface area contributed by atoms with E-state index in [1.54, 1.807) is 0 Å². The zero-order valence-electron chi connectivity index (χ0n) is 12.7. The standard InChI is InChI=1S/C17H25NO2S/c1-2-14(15-6-4-3-5-7-15)12-16(19)18-13-17(20)8-10-21-11-9-17/h3-7,14,20H,2,8-13H2,1H3,(H,18,19). The van der Waals surface area contributed by atoms with Crippen molar-refractivity contribution in [1.82, 2.24) is 5.32 Å². The van der Waals surface area contributed by atoms with Crippen LogP contribution in [0.3, 0.4) is 0 Å². The van der Waals surface area contributed by atoms with Crippen LogP contribution in [0, 0.1) is 0 Å². The Morgan fingerprint density at radius 2 is 2.00 bits per heavy atom. The summed E-state index contributed by atoms with van der Waals surface area (Å²) < 4.78 is 0. The summed E-state index contributed by atoms with van der Waals surface area (Å²) in [5.74, 6) is 2.25. The molecule has 21 heavy (non-hydrogen) atoms. The molecule has 1 saturated heterocycles. The number of carbonyl (C=O) groups is 1. The van der Waals surface area contributed by atoms with Crippen molar-refractivity contribution in [2.24, 2.45) is 0 Å². The number of amides is 1. The van der Waals surface area contributed by atoms with Crippen molar-refractivity contribution < 1.29 is 9.90 Å². The van der Waals surface area contributed by atoms with Crippen molar-refractivity contribution >= 4 is 17.7 Å². The van der Waals surface area contributed by atoms with Gasteiger partial charge in [0.1, 0.15) is 0 Å². The molecule has 1 aliphatic heterocycles. The van der Waals surface area contributed by atoms with Gasteiger partial charge >= 0.3 is 0 Å². The lowest BCUT2D eigenvalue weighted by Gasteiger charge is -2.32. The Balaban J connectivity index is 1.83. The lowest BCUT2D eigenvalue weighted by Crippen LogP contribution is -2.45. The summed E-state index contributed by atoms with van der Waals surface area (Å²) >= 11 is 1.87. The molecule has 2 N–H and O–H groups in total. The highest BCUT2D eigenvalue weighted by atomic mass is 32.2. The van der Waals surface area contributed by atoms with E-state index < -0.39 is 5.60 Å². The zero-order valence-corrected chi connectivity index (χ0v) is 13.5. The van der Waals surface area contributed by atoms with E-state index in [0.29, 0.717) is 13.0 Å². The molecule has 1 atom stereocenters. The Labute approximate surface area is 131 Å². The lowest BCUT2D eigenvalue weighted by atomic mass is 9.92. The number of thioether (sulfide) groups is 1. The largest absolute Gasteiger partial charge is 0.388 e. The van der Waals surface area contributed by atoms with Crippen LogP contribution in [0.5, 0.6) is 0 Å². The Kier molecular flexibility index (Phi) is 6.12. The molecular formula is C17H25NO2S. The molecule has 4 heteroatoms. The van der Waals surface area contributed by atoms with Crippen LogP contribution >= 0.6 is 11.8 Å². The van der Waals surface area contributed by atoms with Crippen LogP contribution in [0.15, 0.2) is 30.3 Å². The van der Waals surface area contributed by atoms with Gasteiger partial charge in [0.15, 0.2) is 0 Å².